The highest BCUT2D eigenvalue weighted by Crippen LogP contribution is 2.34. The number of nitro benzene ring substituents is 1. The zero-order valence-corrected chi connectivity index (χ0v) is 21.8. The first kappa shape index (κ1) is 26.8. The first-order valence-corrected chi connectivity index (χ1v) is 13.8. The molecule has 38 heavy (non-hydrogen) atoms. The molecule has 0 atom stereocenters. The number of benzene rings is 3. The molecular formula is C27H29N5O5S. The van der Waals surface area contributed by atoms with E-state index in [9.17, 15) is 23.3 Å². The Bertz CT molecular complexity index is 1580. The van der Waals surface area contributed by atoms with Crippen LogP contribution in [0.3, 0.4) is 0 Å². The van der Waals surface area contributed by atoms with E-state index in [1.165, 1.54) is 24.3 Å². The molecule has 11 heteroatoms. The second kappa shape index (κ2) is 11.4. The van der Waals surface area contributed by atoms with E-state index in [1.807, 2.05) is 42.5 Å². The van der Waals surface area contributed by atoms with E-state index < -0.39 is 14.9 Å². The largest absolute Gasteiger partial charge is 0.370 e. The lowest BCUT2D eigenvalue weighted by Gasteiger charge is -2.24. The molecule has 0 aliphatic carbocycles. The Kier molecular flexibility index (Phi) is 8.06. The predicted octanol–water partition coefficient (Wildman–Crippen LogP) is 5.05. The van der Waals surface area contributed by atoms with Gasteiger partial charge in [-0.2, -0.15) is 0 Å². The van der Waals surface area contributed by atoms with Crippen LogP contribution < -0.4 is 10.0 Å². The van der Waals surface area contributed by atoms with Gasteiger partial charge in [-0.15, -0.1) is 0 Å². The van der Waals surface area contributed by atoms with Crippen molar-refractivity contribution in [3.05, 3.63) is 83.0 Å². The number of primary amides is 1. The summed E-state index contributed by atoms with van der Waals surface area (Å²) in [6, 6.07) is 19.4. The van der Waals surface area contributed by atoms with Crippen LogP contribution in [-0.4, -0.2) is 34.6 Å². The van der Waals surface area contributed by atoms with Crippen molar-refractivity contribution in [2.45, 2.75) is 32.1 Å². The third kappa shape index (κ3) is 6.00. The Morgan fingerprint density at radius 3 is 2.47 bits per heavy atom. The van der Waals surface area contributed by atoms with E-state index in [4.69, 9.17) is 5.73 Å². The fraction of sp³-hybridized carbons (Fsp3) is 0.259. The number of nitro groups is 1. The Balaban J connectivity index is 1.69. The van der Waals surface area contributed by atoms with Gasteiger partial charge in [-0.25, -0.2) is 17.7 Å². The van der Waals surface area contributed by atoms with Crippen molar-refractivity contribution in [1.82, 2.24) is 9.55 Å². The van der Waals surface area contributed by atoms with Gasteiger partial charge in [0.15, 0.2) is 0 Å². The molecule has 4 aromatic rings. The van der Waals surface area contributed by atoms with Crippen molar-refractivity contribution >= 4 is 44.0 Å². The highest BCUT2D eigenvalue weighted by molar-refractivity contribution is 7.93. The number of fused-ring (bicyclic) bond motifs is 1. The molecule has 0 aliphatic heterocycles. The van der Waals surface area contributed by atoms with Crippen LogP contribution in [0.5, 0.6) is 0 Å². The minimum absolute atomic E-state index is 0.127. The topological polar surface area (TPSA) is 141 Å². The molecule has 0 radical (unpaired) electrons. The third-order valence-corrected chi connectivity index (χ3v) is 8.05. The maximum Gasteiger partial charge on any atom is 0.271 e. The van der Waals surface area contributed by atoms with E-state index in [0.29, 0.717) is 31.4 Å². The number of nitrogens with two attached hydrogens (primary N) is 1. The zero-order valence-electron chi connectivity index (χ0n) is 21.0. The van der Waals surface area contributed by atoms with Gasteiger partial charge in [0, 0.05) is 31.2 Å². The Morgan fingerprint density at radius 2 is 1.74 bits per heavy atom. The lowest BCUT2D eigenvalue weighted by Crippen LogP contribution is -2.31. The van der Waals surface area contributed by atoms with E-state index in [-0.39, 0.29) is 35.4 Å². The Hall–Kier alpha value is -4.25. The van der Waals surface area contributed by atoms with E-state index in [0.717, 1.165) is 20.6 Å². The second-order valence-corrected chi connectivity index (χ2v) is 11.0. The van der Waals surface area contributed by atoms with Crippen LogP contribution in [0.4, 0.5) is 17.3 Å². The highest BCUT2D eigenvalue weighted by atomic mass is 32.2. The fourth-order valence-electron chi connectivity index (χ4n) is 4.37. The summed E-state index contributed by atoms with van der Waals surface area (Å²) in [7, 11) is -2.25. The normalized spacial score (nSPS) is 11.5. The standard InChI is InChI=1S/C27H29N5O5S/c1-30-25(22-15-14-20-9-5-6-10-21(20)17-22)19-29-27(30)31(23-11-8-12-24(18-23)32(34)35)38(36,37)16-7-3-2-4-13-26(28)33/h5-6,8-12,14-15,17-19H,2-4,7,13,16H2,1H3,(H2,28,33). The molecule has 0 fully saturated rings. The molecule has 10 nitrogen and oxygen atoms in total. The zero-order chi connectivity index (χ0) is 27.3. The van der Waals surface area contributed by atoms with Crippen molar-refractivity contribution < 1.29 is 18.1 Å². The van der Waals surface area contributed by atoms with E-state index in [1.54, 1.807) is 17.8 Å². The number of anilines is 2. The summed E-state index contributed by atoms with van der Waals surface area (Å²) in [6.07, 6.45) is 4.08. The van der Waals surface area contributed by atoms with Gasteiger partial charge in [0.1, 0.15) is 0 Å². The number of amides is 1. The number of hydrogen-bond acceptors (Lipinski definition) is 6. The van der Waals surface area contributed by atoms with E-state index >= 15 is 0 Å². The Labute approximate surface area is 220 Å². The molecule has 0 saturated carbocycles. The number of carbonyl (C=O) groups excluding carboxylic acids is 1. The van der Waals surface area contributed by atoms with Gasteiger partial charge >= 0.3 is 0 Å². The third-order valence-electron chi connectivity index (χ3n) is 6.32. The molecule has 2 N–H and O–H groups in total. The van der Waals surface area contributed by atoms with Gasteiger partial charge in [-0.3, -0.25) is 14.9 Å². The summed E-state index contributed by atoms with van der Waals surface area (Å²) in [4.78, 5) is 26.3. The molecule has 0 bridgehead atoms. The molecule has 198 valence electrons. The van der Waals surface area contributed by atoms with Crippen LogP contribution in [0.2, 0.25) is 0 Å². The number of non-ortho nitro benzene ring substituents is 1. The van der Waals surface area contributed by atoms with Crippen molar-refractivity contribution in [3.63, 3.8) is 0 Å². The van der Waals surface area contributed by atoms with Crippen LogP contribution in [0, 0.1) is 10.1 Å². The average molecular weight is 536 g/mol. The summed E-state index contributed by atoms with van der Waals surface area (Å²) in [6.45, 7) is 0. The summed E-state index contributed by atoms with van der Waals surface area (Å²) in [5, 5.41) is 13.5. The lowest BCUT2D eigenvalue weighted by molar-refractivity contribution is -0.384. The van der Waals surface area contributed by atoms with Crippen LogP contribution in [-0.2, 0) is 21.9 Å². The number of imidazole rings is 1. The second-order valence-electron chi connectivity index (χ2n) is 9.05. The molecule has 1 amide bonds. The quantitative estimate of drug-likeness (QED) is 0.153. The predicted molar refractivity (Wildman–Crippen MR) is 147 cm³/mol. The monoisotopic (exact) mass is 535 g/mol. The number of nitrogens with zero attached hydrogens (tertiary/aromatic N) is 4. The molecule has 4 rings (SSSR count). The first-order valence-electron chi connectivity index (χ1n) is 12.2. The van der Waals surface area contributed by atoms with Gasteiger partial charge in [0.2, 0.25) is 21.9 Å². The van der Waals surface area contributed by atoms with Gasteiger partial charge in [0.25, 0.3) is 5.69 Å². The smallest absolute Gasteiger partial charge is 0.271 e. The lowest BCUT2D eigenvalue weighted by atomic mass is 10.1. The molecule has 0 saturated heterocycles. The summed E-state index contributed by atoms with van der Waals surface area (Å²) in [5.74, 6) is -0.446. The number of unbranched alkanes of at least 4 members (excludes halogenated alkanes) is 3. The SMILES string of the molecule is Cn1c(-c2ccc3ccccc3c2)cnc1N(c1cccc([N+](=O)[O-])c1)S(=O)(=O)CCCCCCC(N)=O. The molecule has 3 aromatic carbocycles. The molecule has 1 aromatic heterocycles. The molecule has 0 spiro atoms. The number of carbonyl (C=O) groups is 1. The van der Waals surface area contributed by atoms with Gasteiger partial charge in [-0.05, 0) is 35.7 Å². The molecule has 0 unspecified atom stereocenters. The Morgan fingerprint density at radius 1 is 1.00 bits per heavy atom. The van der Waals surface area contributed by atoms with Crippen molar-refractivity contribution in [1.29, 1.82) is 0 Å². The summed E-state index contributed by atoms with van der Waals surface area (Å²) in [5.41, 5.74) is 6.63. The molecule has 1 heterocycles. The average Bonchev–Trinajstić information content (AvgIpc) is 3.26. The fourth-order valence-corrected chi connectivity index (χ4v) is 5.97. The van der Waals surface area contributed by atoms with Gasteiger partial charge in [0.05, 0.1) is 28.3 Å². The number of hydrogen-bond donors (Lipinski definition) is 1. The highest BCUT2D eigenvalue weighted by Gasteiger charge is 2.29. The van der Waals surface area contributed by atoms with Gasteiger partial charge < -0.3 is 10.3 Å². The number of aromatic nitrogens is 2. The molecular weight excluding hydrogens is 506 g/mol. The maximum absolute atomic E-state index is 13.7. The first-order chi connectivity index (χ1) is 18.2. The van der Waals surface area contributed by atoms with Crippen LogP contribution in [0.25, 0.3) is 22.0 Å². The minimum atomic E-state index is -3.96. The van der Waals surface area contributed by atoms with Crippen molar-refractivity contribution in [3.8, 4) is 11.3 Å². The van der Waals surface area contributed by atoms with Crippen molar-refractivity contribution in [2.24, 2.45) is 12.8 Å². The molecule has 0 aliphatic rings. The minimum Gasteiger partial charge on any atom is -0.370 e. The van der Waals surface area contributed by atoms with Crippen LogP contribution in [0.15, 0.2) is 72.9 Å². The number of rotatable bonds is 12. The number of sulfonamides is 1. The maximum atomic E-state index is 13.7. The van der Waals surface area contributed by atoms with Crippen LogP contribution >= 0.6 is 0 Å². The summed E-state index contributed by atoms with van der Waals surface area (Å²) >= 11 is 0. The summed E-state index contributed by atoms with van der Waals surface area (Å²) < 4.78 is 30.1. The van der Waals surface area contributed by atoms with Crippen LogP contribution in [0.1, 0.15) is 32.1 Å². The van der Waals surface area contributed by atoms with Crippen molar-refractivity contribution in [2.75, 3.05) is 10.1 Å². The van der Waals surface area contributed by atoms with E-state index in [2.05, 4.69) is 4.98 Å². The van der Waals surface area contributed by atoms with Gasteiger partial charge in [-0.1, -0.05) is 55.3 Å².